The van der Waals surface area contributed by atoms with E-state index < -0.39 is 0 Å². The van der Waals surface area contributed by atoms with Gasteiger partial charge in [0, 0.05) is 13.1 Å². The molecule has 5 heteroatoms. The van der Waals surface area contributed by atoms with Crippen LogP contribution >= 0.6 is 0 Å². The van der Waals surface area contributed by atoms with Crippen molar-refractivity contribution in [3.8, 4) is 0 Å². The Morgan fingerprint density at radius 3 is 2.71 bits per heavy atom. The molecule has 1 aromatic carbocycles. The zero-order chi connectivity index (χ0) is 15.2. The Bertz CT molecular complexity index is 490. The molecule has 1 amide bonds. The summed E-state index contributed by atoms with van der Waals surface area (Å²) in [5, 5.41) is 0. The highest BCUT2D eigenvalue weighted by molar-refractivity contribution is 5.78. The molecule has 1 aliphatic rings. The van der Waals surface area contributed by atoms with Crippen molar-refractivity contribution in [2.45, 2.75) is 18.8 Å². The van der Waals surface area contributed by atoms with Crippen molar-refractivity contribution in [1.82, 2.24) is 4.90 Å². The number of carbonyl (C=O) groups is 2. The fourth-order valence-corrected chi connectivity index (χ4v) is 2.86. The van der Waals surface area contributed by atoms with Gasteiger partial charge in [-0.3, -0.25) is 9.59 Å². The van der Waals surface area contributed by atoms with Crippen LogP contribution in [0.3, 0.4) is 0 Å². The fraction of sp³-hybridized carbons (Fsp3) is 0.500. The number of primary amides is 1. The van der Waals surface area contributed by atoms with Crippen LogP contribution in [0.25, 0.3) is 0 Å². The molecule has 1 saturated heterocycles. The van der Waals surface area contributed by atoms with E-state index in [1.165, 1.54) is 7.11 Å². The van der Waals surface area contributed by atoms with E-state index in [0.717, 1.165) is 24.9 Å². The second-order valence-electron chi connectivity index (χ2n) is 5.49. The Morgan fingerprint density at radius 1 is 1.38 bits per heavy atom. The number of methoxy groups -OCH3 is 1. The number of esters is 1. The number of carbonyl (C=O) groups excluding carboxylic acids is 2. The van der Waals surface area contributed by atoms with Crippen LogP contribution in [0, 0.1) is 5.92 Å². The predicted octanol–water partition coefficient (Wildman–Crippen LogP) is 1.14. The number of benzene rings is 1. The molecular weight excluding hydrogens is 268 g/mol. The minimum Gasteiger partial charge on any atom is -0.469 e. The quantitative estimate of drug-likeness (QED) is 0.825. The first-order chi connectivity index (χ1) is 10.1. The summed E-state index contributed by atoms with van der Waals surface area (Å²) in [6.07, 6.45) is 1.76. The van der Waals surface area contributed by atoms with Gasteiger partial charge in [0.25, 0.3) is 0 Å². The van der Waals surface area contributed by atoms with E-state index in [2.05, 4.69) is 4.90 Å². The summed E-state index contributed by atoms with van der Waals surface area (Å²) in [6.45, 7) is 2.06. The smallest absolute Gasteiger partial charge is 0.314 e. The normalized spacial score (nSPS) is 20.7. The molecule has 1 fully saturated rings. The van der Waals surface area contributed by atoms with Crippen LogP contribution in [0.5, 0.6) is 0 Å². The summed E-state index contributed by atoms with van der Waals surface area (Å²) in [4.78, 5) is 25.5. The van der Waals surface area contributed by atoms with Crippen LogP contribution < -0.4 is 5.73 Å². The van der Waals surface area contributed by atoms with Crippen LogP contribution in [0.4, 0.5) is 0 Å². The van der Waals surface area contributed by atoms with E-state index in [1.807, 2.05) is 30.3 Å². The average Bonchev–Trinajstić information content (AvgIpc) is 2.53. The van der Waals surface area contributed by atoms with Gasteiger partial charge in [-0.2, -0.15) is 0 Å². The number of nitrogens with zero attached hydrogens (tertiary/aromatic N) is 1. The number of rotatable bonds is 5. The lowest BCUT2D eigenvalue weighted by Gasteiger charge is -2.33. The topological polar surface area (TPSA) is 72.6 Å². The summed E-state index contributed by atoms with van der Waals surface area (Å²) >= 11 is 0. The summed E-state index contributed by atoms with van der Waals surface area (Å²) in [5.41, 5.74) is 6.34. The second-order valence-corrected chi connectivity index (χ2v) is 5.49. The van der Waals surface area contributed by atoms with Crippen molar-refractivity contribution < 1.29 is 14.3 Å². The van der Waals surface area contributed by atoms with E-state index in [0.29, 0.717) is 13.1 Å². The molecule has 21 heavy (non-hydrogen) atoms. The summed E-state index contributed by atoms with van der Waals surface area (Å²) in [6, 6.07) is 9.59. The standard InChI is InChI=1S/C16H22N2O3/c1-21-16(20)14(12-6-3-2-4-7-12)11-18-9-5-8-13(10-18)15(17)19/h2-4,6-7,13-14H,5,8-11H2,1H3,(H2,17,19). The Hall–Kier alpha value is -1.88. The van der Waals surface area contributed by atoms with Gasteiger partial charge in [-0.1, -0.05) is 30.3 Å². The lowest BCUT2D eigenvalue weighted by Crippen LogP contribution is -2.43. The highest BCUT2D eigenvalue weighted by Gasteiger charge is 2.29. The number of piperidine rings is 1. The van der Waals surface area contributed by atoms with Gasteiger partial charge >= 0.3 is 5.97 Å². The largest absolute Gasteiger partial charge is 0.469 e. The molecule has 5 nitrogen and oxygen atoms in total. The Balaban J connectivity index is 2.08. The Kier molecular flexibility index (Phi) is 5.33. The van der Waals surface area contributed by atoms with Crippen molar-refractivity contribution in [2.24, 2.45) is 11.7 Å². The van der Waals surface area contributed by atoms with Crippen LogP contribution in [0.1, 0.15) is 24.3 Å². The predicted molar refractivity (Wildman–Crippen MR) is 79.6 cm³/mol. The SMILES string of the molecule is COC(=O)C(CN1CCCC(C(N)=O)C1)c1ccccc1. The van der Waals surface area contributed by atoms with E-state index in [9.17, 15) is 9.59 Å². The Labute approximate surface area is 125 Å². The van der Waals surface area contributed by atoms with Crippen LogP contribution in [-0.2, 0) is 14.3 Å². The van der Waals surface area contributed by atoms with Crippen LogP contribution in [-0.4, -0.2) is 43.5 Å². The molecule has 114 valence electrons. The first-order valence-electron chi connectivity index (χ1n) is 7.26. The molecule has 2 unspecified atom stereocenters. The summed E-state index contributed by atoms with van der Waals surface area (Å²) in [7, 11) is 1.40. The number of nitrogens with two attached hydrogens (primary N) is 1. The number of ether oxygens (including phenoxy) is 1. The molecule has 0 saturated carbocycles. The highest BCUT2D eigenvalue weighted by Crippen LogP contribution is 2.23. The molecule has 0 aliphatic carbocycles. The second kappa shape index (κ2) is 7.22. The minimum atomic E-state index is -0.331. The molecule has 0 aromatic heterocycles. The van der Waals surface area contributed by atoms with Crippen molar-refractivity contribution in [3.05, 3.63) is 35.9 Å². The maximum atomic E-state index is 12.1. The lowest BCUT2D eigenvalue weighted by atomic mass is 9.94. The maximum Gasteiger partial charge on any atom is 0.314 e. The molecule has 0 bridgehead atoms. The summed E-state index contributed by atoms with van der Waals surface area (Å²) < 4.78 is 4.93. The van der Waals surface area contributed by atoms with Crippen molar-refractivity contribution >= 4 is 11.9 Å². The van der Waals surface area contributed by atoms with Crippen molar-refractivity contribution in [1.29, 1.82) is 0 Å². The van der Waals surface area contributed by atoms with Gasteiger partial charge in [-0.15, -0.1) is 0 Å². The first kappa shape index (κ1) is 15.5. The van der Waals surface area contributed by atoms with Gasteiger partial charge in [0.05, 0.1) is 18.9 Å². The molecule has 2 N–H and O–H groups in total. The van der Waals surface area contributed by atoms with Crippen LogP contribution in [0.15, 0.2) is 30.3 Å². The molecule has 2 atom stereocenters. The van der Waals surface area contributed by atoms with Crippen molar-refractivity contribution in [3.63, 3.8) is 0 Å². The number of hydrogen-bond acceptors (Lipinski definition) is 4. The van der Waals surface area contributed by atoms with E-state index in [-0.39, 0.29) is 23.7 Å². The third-order valence-corrected chi connectivity index (χ3v) is 4.04. The molecule has 0 radical (unpaired) electrons. The third kappa shape index (κ3) is 4.04. The number of amides is 1. The number of hydrogen-bond donors (Lipinski definition) is 1. The van der Waals surface area contributed by atoms with Gasteiger partial charge < -0.3 is 15.4 Å². The van der Waals surface area contributed by atoms with Gasteiger partial charge in [0.1, 0.15) is 0 Å². The van der Waals surface area contributed by atoms with Crippen molar-refractivity contribution in [2.75, 3.05) is 26.7 Å². The first-order valence-corrected chi connectivity index (χ1v) is 7.26. The molecular formula is C16H22N2O3. The van der Waals surface area contributed by atoms with Crippen LogP contribution in [0.2, 0.25) is 0 Å². The Morgan fingerprint density at radius 2 is 2.10 bits per heavy atom. The van der Waals surface area contributed by atoms with Gasteiger partial charge in [0.2, 0.25) is 5.91 Å². The molecule has 0 spiro atoms. The molecule has 1 aliphatic heterocycles. The van der Waals surface area contributed by atoms with Gasteiger partial charge in [0.15, 0.2) is 0 Å². The molecule has 1 aromatic rings. The fourth-order valence-electron chi connectivity index (χ4n) is 2.86. The van der Waals surface area contributed by atoms with Gasteiger partial charge in [-0.25, -0.2) is 0 Å². The monoisotopic (exact) mass is 290 g/mol. The zero-order valence-electron chi connectivity index (χ0n) is 12.3. The molecule has 2 rings (SSSR count). The lowest BCUT2D eigenvalue weighted by molar-refractivity contribution is -0.143. The zero-order valence-corrected chi connectivity index (χ0v) is 12.3. The van der Waals surface area contributed by atoms with E-state index >= 15 is 0 Å². The highest BCUT2D eigenvalue weighted by atomic mass is 16.5. The van der Waals surface area contributed by atoms with E-state index in [1.54, 1.807) is 0 Å². The van der Waals surface area contributed by atoms with E-state index in [4.69, 9.17) is 10.5 Å². The summed E-state index contributed by atoms with van der Waals surface area (Å²) in [5.74, 6) is -0.952. The molecule has 1 heterocycles. The van der Waals surface area contributed by atoms with Gasteiger partial charge in [-0.05, 0) is 24.9 Å². The third-order valence-electron chi connectivity index (χ3n) is 4.04. The average molecular weight is 290 g/mol. The number of likely N-dealkylation sites (tertiary alicyclic amines) is 1. The minimum absolute atomic E-state index is 0.118. The maximum absolute atomic E-state index is 12.1.